The SMILES string of the molecule is COCCOc1nc(-c2cccc3[nH]ncc23)nc2c1cnn2C. The maximum absolute atomic E-state index is 5.78. The molecule has 0 bridgehead atoms. The minimum absolute atomic E-state index is 0.410. The summed E-state index contributed by atoms with van der Waals surface area (Å²) < 4.78 is 12.5. The highest BCUT2D eigenvalue weighted by Crippen LogP contribution is 2.29. The van der Waals surface area contributed by atoms with Gasteiger partial charge in [0.1, 0.15) is 12.0 Å². The Morgan fingerprint density at radius 2 is 2.04 bits per heavy atom. The molecule has 0 spiro atoms. The number of hydrogen-bond donors (Lipinski definition) is 1. The summed E-state index contributed by atoms with van der Waals surface area (Å²) in [5.74, 6) is 1.08. The molecule has 8 heteroatoms. The Labute approximate surface area is 137 Å². The van der Waals surface area contributed by atoms with Gasteiger partial charge in [-0.1, -0.05) is 12.1 Å². The lowest BCUT2D eigenvalue weighted by Gasteiger charge is -2.09. The molecule has 0 saturated carbocycles. The second kappa shape index (κ2) is 5.89. The van der Waals surface area contributed by atoms with Crippen molar-refractivity contribution in [3.63, 3.8) is 0 Å². The molecule has 8 nitrogen and oxygen atoms in total. The lowest BCUT2D eigenvalue weighted by atomic mass is 10.1. The summed E-state index contributed by atoms with van der Waals surface area (Å²) in [6, 6.07) is 5.87. The lowest BCUT2D eigenvalue weighted by molar-refractivity contribution is 0.144. The molecule has 3 aromatic heterocycles. The average molecular weight is 324 g/mol. The predicted octanol–water partition coefficient (Wildman–Crippen LogP) is 1.93. The number of aryl methyl sites for hydroxylation is 1. The molecule has 122 valence electrons. The van der Waals surface area contributed by atoms with Gasteiger partial charge in [0, 0.05) is 25.1 Å². The van der Waals surface area contributed by atoms with Crippen LogP contribution in [-0.4, -0.2) is 50.3 Å². The number of hydrogen-bond acceptors (Lipinski definition) is 6. The fourth-order valence-corrected chi connectivity index (χ4v) is 2.61. The second-order valence-electron chi connectivity index (χ2n) is 5.34. The third-order valence-corrected chi connectivity index (χ3v) is 3.81. The van der Waals surface area contributed by atoms with Gasteiger partial charge in [0.05, 0.1) is 24.5 Å². The van der Waals surface area contributed by atoms with E-state index in [0.717, 1.165) is 21.9 Å². The predicted molar refractivity (Wildman–Crippen MR) is 88.8 cm³/mol. The highest BCUT2D eigenvalue weighted by molar-refractivity contribution is 5.93. The minimum Gasteiger partial charge on any atom is -0.475 e. The number of ether oxygens (including phenoxy) is 2. The number of rotatable bonds is 5. The van der Waals surface area contributed by atoms with Gasteiger partial charge >= 0.3 is 0 Å². The van der Waals surface area contributed by atoms with Crippen LogP contribution in [0.1, 0.15) is 0 Å². The summed E-state index contributed by atoms with van der Waals surface area (Å²) in [5, 5.41) is 13.0. The molecular weight excluding hydrogens is 308 g/mol. The normalized spacial score (nSPS) is 11.4. The summed E-state index contributed by atoms with van der Waals surface area (Å²) in [7, 11) is 3.48. The topological polar surface area (TPSA) is 90.7 Å². The first kappa shape index (κ1) is 14.6. The zero-order valence-corrected chi connectivity index (χ0v) is 13.4. The Bertz CT molecular complexity index is 1010. The number of nitrogens with zero attached hydrogens (tertiary/aromatic N) is 5. The quantitative estimate of drug-likeness (QED) is 0.564. The van der Waals surface area contributed by atoms with E-state index in [1.807, 2.05) is 25.2 Å². The number of aromatic amines is 1. The number of H-pyrrole nitrogens is 1. The van der Waals surface area contributed by atoms with Crippen molar-refractivity contribution < 1.29 is 9.47 Å². The maximum atomic E-state index is 5.78. The highest BCUT2D eigenvalue weighted by atomic mass is 16.5. The standard InChI is InChI=1S/C16H16N6O2/c1-22-15-12(9-18-22)16(24-7-6-23-2)20-14(19-15)10-4-3-5-13-11(10)8-17-21-13/h3-5,8-9H,6-7H2,1-2H3,(H,17,21). The summed E-state index contributed by atoms with van der Waals surface area (Å²) in [5.41, 5.74) is 2.54. The minimum atomic E-state index is 0.410. The van der Waals surface area contributed by atoms with Crippen LogP contribution in [-0.2, 0) is 11.8 Å². The van der Waals surface area contributed by atoms with Crippen LogP contribution in [0.4, 0.5) is 0 Å². The summed E-state index contributed by atoms with van der Waals surface area (Å²) in [4.78, 5) is 9.26. The van der Waals surface area contributed by atoms with Gasteiger partial charge in [-0.05, 0) is 6.07 Å². The van der Waals surface area contributed by atoms with Crippen molar-refractivity contribution in [2.45, 2.75) is 0 Å². The van der Waals surface area contributed by atoms with E-state index in [-0.39, 0.29) is 0 Å². The summed E-state index contributed by atoms with van der Waals surface area (Å²) >= 11 is 0. The van der Waals surface area contributed by atoms with Crippen LogP contribution in [0.25, 0.3) is 33.3 Å². The first-order valence-electron chi connectivity index (χ1n) is 7.52. The smallest absolute Gasteiger partial charge is 0.228 e. The molecule has 0 fully saturated rings. The molecule has 0 aliphatic rings. The molecule has 0 unspecified atom stereocenters. The Balaban J connectivity index is 1.89. The fourth-order valence-electron chi connectivity index (χ4n) is 2.61. The van der Waals surface area contributed by atoms with Crippen LogP contribution >= 0.6 is 0 Å². The fraction of sp³-hybridized carbons (Fsp3) is 0.250. The van der Waals surface area contributed by atoms with Crippen molar-refractivity contribution in [2.75, 3.05) is 20.3 Å². The average Bonchev–Trinajstić information content (AvgIpc) is 3.22. The largest absolute Gasteiger partial charge is 0.475 e. The number of aromatic nitrogens is 6. The van der Waals surface area contributed by atoms with Gasteiger partial charge in [0.15, 0.2) is 11.5 Å². The third-order valence-electron chi connectivity index (χ3n) is 3.81. The van der Waals surface area contributed by atoms with Crippen LogP contribution in [0.5, 0.6) is 5.88 Å². The molecule has 1 aromatic carbocycles. The van der Waals surface area contributed by atoms with E-state index in [2.05, 4.69) is 25.3 Å². The zero-order valence-electron chi connectivity index (χ0n) is 13.4. The molecule has 24 heavy (non-hydrogen) atoms. The molecule has 4 rings (SSSR count). The van der Waals surface area contributed by atoms with E-state index in [9.17, 15) is 0 Å². The van der Waals surface area contributed by atoms with Crippen molar-refractivity contribution >= 4 is 21.9 Å². The van der Waals surface area contributed by atoms with E-state index in [4.69, 9.17) is 9.47 Å². The lowest BCUT2D eigenvalue weighted by Crippen LogP contribution is -2.07. The van der Waals surface area contributed by atoms with Crippen LogP contribution in [0.2, 0.25) is 0 Å². The Morgan fingerprint density at radius 3 is 2.92 bits per heavy atom. The number of nitrogens with one attached hydrogen (secondary N) is 1. The first-order chi connectivity index (χ1) is 11.8. The van der Waals surface area contributed by atoms with E-state index in [1.165, 1.54) is 0 Å². The monoisotopic (exact) mass is 324 g/mol. The highest BCUT2D eigenvalue weighted by Gasteiger charge is 2.16. The van der Waals surface area contributed by atoms with Crippen molar-refractivity contribution in [1.82, 2.24) is 29.9 Å². The number of methoxy groups -OCH3 is 1. The van der Waals surface area contributed by atoms with E-state index in [0.29, 0.717) is 30.6 Å². The molecule has 0 saturated heterocycles. The zero-order chi connectivity index (χ0) is 16.5. The van der Waals surface area contributed by atoms with Gasteiger partial charge in [0.25, 0.3) is 0 Å². The summed E-state index contributed by atoms with van der Waals surface area (Å²) in [6.07, 6.45) is 3.48. The van der Waals surface area contributed by atoms with Crippen LogP contribution in [0.3, 0.4) is 0 Å². The van der Waals surface area contributed by atoms with Gasteiger partial charge < -0.3 is 9.47 Å². The van der Waals surface area contributed by atoms with Gasteiger partial charge in [-0.15, -0.1) is 0 Å². The summed E-state index contributed by atoms with van der Waals surface area (Å²) in [6.45, 7) is 0.894. The van der Waals surface area contributed by atoms with Crippen LogP contribution in [0, 0.1) is 0 Å². The van der Waals surface area contributed by atoms with Gasteiger partial charge in [0.2, 0.25) is 5.88 Å². The van der Waals surface area contributed by atoms with E-state index < -0.39 is 0 Å². The van der Waals surface area contributed by atoms with Gasteiger partial charge in [-0.25, -0.2) is 4.98 Å². The van der Waals surface area contributed by atoms with E-state index in [1.54, 1.807) is 24.2 Å². The Morgan fingerprint density at radius 1 is 1.12 bits per heavy atom. The molecule has 0 amide bonds. The molecule has 0 aliphatic carbocycles. The van der Waals surface area contributed by atoms with Crippen LogP contribution in [0.15, 0.2) is 30.6 Å². The second-order valence-corrected chi connectivity index (χ2v) is 5.34. The first-order valence-corrected chi connectivity index (χ1v) is 7.52. The maximum Gasteiger partial charge on any atom is 0.228 e. The molecule has 0 aliphatic heterocycles. The molecule has 3 heterocycles. The Kier molecular flexibility index (Phi) is 3.58. The molecule has 1 N–H and O–H groups in total. The molecule has 0 radical (unpaired) electrons. The van der Waals surface area contributed by atoms with E-state index >= 15 is 0 Å². The third kappa shape index (κ3) is 2.37. The van der Waals surface area contributed by atoms with Gasteiger partial charge in [-0.2, -0.15) is 15.2 Å². The molecule has 0 atom stereocenters. The molecule has 4 aromatic rings. The van der Waals surface area contributed by atoms with Crippen molar-refractivity contribution in [3.05, 3.63) is 30.6 Å². The van der Waals surface area contributed by atoms with Crippen LogP contribution < -0.4 is 4.74 Å². The van der Waals surface area contributed by atoms with Crippen molar-refractivity contribution in [2.24, 2.45) is 7.05 Å². The molecular formula is C16H16N6O2. The number of fused-ring (bicyclic) bond motifs is 2. The number of benzene rings is 1. The Hall–Kier alpha value is -3.00. The van der Waals surface area contributed by atoms with Gasteiger partial charge in [-0.3, -0.25) is 9.78 Å². The van der Waals surface area contributed by atoms with Crippen molar-refractivity contribution in [1.29, 1.82) is 0 Å². The van der Waals surface area contributed by atoms with Crippen molar-refractivity contribution in [3.8, 4) is 17.3 Å².